The number of fused-ring (bicyclic) bond motifs is 14. The third-order valence-electron chi connectivity index (χ3n) is 11.9. The minimum absolute atomic E-state index is 0.163. The van der Waals surface area contributed by atoms with Crippen LogP contribution in [0.15, 0.2) is 154 Å². The number of hydrogen-bond acceptors (Lipinski definition) is 6. The number of benzene rings is 8. The quantitative estimate of drug-likeness (QED) is 0.176. The second kappa shape index (κ2) is 12.2. The summed E-state index contributed by atoms with van der Waals surface area (Å²) in [6, 6.07) is 56.1. The fourth-order valence-corrected chi connectivity index (χ4v) is 9.53. The van der Waals surface area contributed by atoms with E-state index in [-0.39, 0.29) is 16.7 Å². The zero-order valence-electron chi connectivity index (χ0n) is 31.4. The van der Waals surface area contributed by atoms with Crippen molar-refractivity contribution in [2.24, 2.45) is 0 Å². The van der Waals surface area contributed by atoms with Crippen LogP contribution in [0.2, 0.25) is 0 Å². The molecule has 8 nitrogen and oxygen atoms in total. The number of hydrogen-bond donors (Lipinski definition) is 0. The smallest absolute Gasteiger partial charge is 0.136 e. The Kier molecular flexibility index (Phi) is 6.73. The summed E-state index contributed by atoms with van der Waals surface area (Å²) in [5, 5.41) is 51.1. The van der Waals surface area contributed by atoms with Gasteiger partial charge in [-0.25, -0.2) is 0 Å². The average molecular weight is 765 g/mol. The lowest BCUT2D eigenvalue weighted by Gasteiger charge is -2.20. The molecule has 4 heterocycles. The number of rotatable bonds is 3. The Hall–Kier alpha value is -9.08. The van der Waals surface area contributed by atoms with Gasteiger partial charge in [0.15, 0.2) is 0 Å². The molecule has 0 N–H and O–H groups in total. The third kappa shape index (κ3) is 4.23. The van der Waals surface area contributed by atoms with Crippen molar-refractivity contribution in [3.05, 3.63) is 168 Å². The van der Waals surface area contributed by atoms with Gasteiger partial charge in [-0.15, -0.1) is 0 Å². The summed E-state index contributed by atoms with van der Waals surface area (Å²) in [6.07, 6.45) is 0. The summed E-state index contributed by atoms with van der Waals surface area (Å²) < 4.78 is 16.7. The number of furan rings is 2. The van der Waals surface area contributed by atoms with Gasteiger partial charge in [0.1, 0.15) is 46.6 Å². The van der Waals surface area contributed by atoms with Crippen LogP contribution in [0.1, 0.15) is 22.3 Å². The third-order valence-corrected chi connectivity index (χ3v) is 11.9. The van der Waals surface area contributed by atoms with Crippen molar-refractivity contribution in [2.45, 2.75) is 0 Å². The van der Waals surface area contributed by atoms with Gasteiger partial charge in [-0.1, -0.05) is 84.9 Å². The highest BCUT2D eigenvalue weighted by Crippen LogP contribution is 2.47. The molecular formula is C52H24N6O2. The highest BCUT2D eigenvalue weighted by Gasteiger charge is 2.28. The molecule has 12 rings (SSSR count). The van der Waals surface area contributed by atoms with Crippen LogP contribution < -0.4 is 0 Å². The summed E-state index contributed by atoms with van der Waals surface area (Å²) >= 11 is 0. The molecule has 0 aliphatic carbocycles. The lowest BCUT2D eigenvalue weighted by atomic mass is 9.91. The molecule has 8 heteroatoms. The molecular weight excluding hydrogens is 741 g/mol. The van der Waals surface area contributed by atoms with Gasteiger partial charge in [-0.3, -0.25) is 0 Å². The summed E-state index contributed by atoms with van der Waals surface area (Å²) in [5.41, 5.74) is 9.05. The Bertz CT molecular complexity index is 4070. The van der Waals surface area contributed by atoms with Crippen LogP contribution in [0.25, 0.3) is 110 Å². The highest BCUT2D eigenvalue weighted by molar-refractivity contribution is 6.29. The van der Waals surface area contributed by atoms with E-state index in [0.717, 1.165) is 87.5 Å². The van der Waals surface area contributed by atoms with E-state index in [9.17, 15) is 21.0 Å². The van der Waals surface area contributed by atoms with Gasteiger partial charge >= 0.3 is 0 Å². The van der Waals surface area contributed by atoms with Crippen LogP contribution in [0.5, 0.6) is 0 Å². The summed E-state index contributed by atoms with van der Waals surface area (Å²) in [6.45, 7) is 0. The zero-order chi connectivity index (χ0) is 40.2. The number of nitrogens with zero attached hydrogens (tertiary/aromatic N) is 6. The predicted octanol–water partition coefficient (Wildman–Crippen LogP) is 12.8. The van der Waals surface area contributed by atoms with Crippen LogP contribution in [0.3, 0.4) is 0 Å². The van der Waals surface area contributed by atoms with E-state index >= 15 is 0 Å². The molecule has 0 atom stereocenters. The highest BCUT2D eigenvalue weighted by atomic mass is 16.3. The van der Waals surface area contributed by atoms with E-state index in [2.05, 4.69) is 36.4 Å². The minimum Gasteiger partial charge on any atom is -0.456 e. The molecule has 0 bridgehead atoms. The van der Waals surface area contributed by atoms with E-state index in [4.69, 9.17) is 8.83 Å². The van der Waals surface area contributed by atoms with E-state index in [1.54, 1.807) is 24.3 Å². The Labute approximate surface area is 340 Å². The molecule has 0 saturated heterocycles. The average Bonchev–Trinajstić information content (AvgIpc) is 4.05. The minimum atomic E-state index is 0.163. The van der Waals surface area contributed by atoms with Crippen LogP contribution in [0, 0.1) is 45.3 Å². The standard InChI is InChI=1S/C52H24N6O2/c53-25-29-17-20-32(52(37(29)27-55)58-40-14-6-2-10-34(40)48-42(58)22-24-46-50(48)36-12-4-8-16-44(36)60-46)31-19-18-30(26-54)51(38(31)28-56)57-39-13-5-1-9-33(39)47-41(57)21-23-45-49(47)35-11-3-7-15-43(35)59-45/h1-24H. The SMILES string of the molecule is N#Cc1ccc(-c2ccc(C#N)c(-n3c4ccccc4c4c5c(ccc43)oc3ccccc35)c2C#N)c(-n2c3ccccc3c3c4c(ccc32)oc2ccccc24)c1C#N. The van der Waals surface area contributed by atoms with E-state index in [1.807, 2.05) is 118 Å². The van der Waals surface area contributed by atoms with Gasteiger partial charge in [-0.2, -0.15) is 21.0 Å². The second-order valence-electron chi connectivity index (χ2n) is 14.8. The van der Waals surface area contributed by atoms with Crippen molar-refractivity contribution in [2.75, 3.05) is 0 Å². The molecule has 274 valence electrons. The molecule has 60 heavy (non-hydrogen) atoms. The van der Waals surface area contributed by atoms with Crippen molar-refractivity contribution in [1.29, 1.82) is 21.0 Å². The lowest BCUT2D eigenvalue weighted by molar-refractivity contribution is 0.669. The van der Waals surface area contributed by atoms with Crippen LogP contribution in [-0.4, -0.2) is 9.13 Å². The van der Waals surface area contributed by atoms with Crippen molar-refractivity contribution in [3.8, 4) is 46.8 Å². The Morgan fingerprint density at radius 3 is 1.33 bits per heavy atom. The largest absolute Gasteiger partial charge is 0.456 e. The first kappa shape index (κ1) is 33.1. The fourth-order valence-electron chi connectivity index (χ4n) is 9.53. The molecule has 12 aromatic rings. The maximum atomic E-state index is 11.4. The second-order valence-corrected chi connectivity index (χ2v) is 14.8. The molecule has 4 aromatic heterocycles. The van der Waals surface area contributed by atoms with Crippen LogP contribution in [0.4, 0.5) is 0 Å². The molecule has 0 amide bonds. The molecule has 0 spiro atoms. The number of nitriles is 4. The topological polar surface area (TPSA) is 131 Å². The first-order valence-electron chi connectivity index (χ1n) is 19.3. The zero-order valence-corrected chi connectivity index (χ0v) is 31.4. The summed E-state index contributed by atoms with van der Waals surface area (Å²) in [7, 11) is 0. The fraction of sp³-hybridized carbons (Fsp3) is 0. The van der Waals surface area contributed by atoms with E-state index < -0.39 is 0 Å². The Balaban J connectivity index is 1.22. The van der Waals surface area contributed by atoms with Crippen molar-refractivity contribution in [3.63, 3.8) is 0 Å². The summed E-state index contributed by atoms with van der Waals surface area (Å²) in [4.78, 5) is 0. The molecule has 0 unspecified atom stereocenters. The first-order valence-corrected chi connectivity index (χ1v) is 19.3. The van der Waals surface area contributed by atoms with Gasteiger partial charge in [0, 0.05) is 54.2 Å². The van der Waals surface area contributed by atoms with Crippen LogP contribution >= 0.6 is 0 Å². The van der Waals surface area contributed by atoms with Gasteiger partial charge in [0.25, 0.3) is 0 Å². The monoisotopic (exact) mass is 764 g/mol. The van der Waals surface area contributed by atoms with Crippen molar-refractivity contribution < 1.29 is 8.83 Å². The number of para-hydroxylation sites is 4. The molecule has 0 aliphatic heterocycles. The molecule has 8 aromatic carbocycles. The van der Waals surface area contributed by atoms with E-state index in [1.165, 1.54) is 0 Å². The normalized spacial score (nSPS) is 11.6. The summed E-state index contributed by atoms with van der Waals surface area (Å²) in [5.74, 6) is 0. The lowest BCUT2D eigenvalue weighted by Crippen LogP contribution is -2.06. The first-order chi connectivity index (χ1) is 29.6. The predicted molar refractivity (Wildman–Crippen MR) is 234 cm³/mol. The number of aromatic nitrogens is 2. The van der Waals surface area contributed by atoms with Gasteiger partial charge in [0.2, 0.25) is 0 Å². The molecule has 0 aliphatic rings. The van der Waals surface area contributed by atoms with Gasteiger partial charge in [0.05, 0.1) is 55.7 Å². The van der Waals surface area contributed by atoms with Crippen LogP contribution in [-0.2, 0) is 0 Å². The van der Waals surface area contributed by atoms with Gasteiger partial charge in [-0.05, 0) is 60.7 Å². The Morgan fingerprint density at radius 2 is 0.800 bits per heavy atom. The maximum absolute atomic E-state index is 11.4. The molecule has 0 fully saturated rings. The van der Waals surface area contributed by atoms with Crippen molar-refractivity contribution >= 4 is 87.5 Å². The van der Waals surface area contributed by atoms with Gasteiger partial charge < -0.3 is 18.0 Å². The molecule has 0 saturated carbocycles. The maximum Gasteiger partial charge on any atom is 0.136 e. The van der Waals surface area contributed by atoms with E-state index in [0.29, 0.717) is 28.1 Å². The Morgan fingerprint density at radius 1 is 0.333 bits per heavy atom. The molecule has 0 radical (unpaired) electrons. The van der Waals surface area contributed by atoms with Crippen molar-refractivity contribution in [1.82, 2.24) is 9.13 Å².